The average Bonchev–Trinajstić information content (AvgIpc) is 2.85. The molecule has 1 aromatic carbocycles. The number of benzene rings is 1. The Labute approximate surface area is 123 Å². The van der Waals surface area contributed by atoms with Crippen molar-refractivity contribution in [2.45, 2.75) is 5.92 Å². The van der Waals surface area contributed by atoms with E-state index in [0.717, 1.165) is 24.2 Å². The van der Waals surface area contributed by atoms with Crippen LogP contribution in [0.5, 0.6) is 5.75 Å². The van der Waals surface area contributed by atoms with Crippen molar-refractivity contribution in [1.29, 1.82) is 0 Å². The molecule has 0 spiro atoms. The zero-order valence-electron chi connectivity index (χ0n) is 11.2. The Morgan fingerprint density at radius 2 is 1.84 bits per heavy atom. The average molecular weight is 325 g/mol. The van der Waals surface area contributed by atoms with Gasteiger partial charge in [-0.15, -0.1) is 0 Å². The van der Waals surface area contributed by atoms with E-state index < -0.39 is 0 Å². The summed E-state index contributed by atoms with van der Waals surface area (Å²) >= 11 is 3.52. The number of ether oxygens (including phenoxy) is 1. The summed E-state index contributed by atoms with van der Waals surface area (Å²) in [6.07, 6.45) is 0. The Morgan fingerprint density at radius 3 is 2.63 bits per heavy atom. The molecule has 0 amide bonds. The third kappa shape index (κ3) is 3.12. The van der Waals surface area contributed by atoms with Gasteiger partial charge in [0.2, 0.25) is 0 Å². The quantitative estimate of drug-likeness (QED) is 0.789. The lowest BCUT2D eigenvalue weighted by Gasteiger charge is -2.35. The van der Waals surface area contributed by atoms with E-state index in [4.69, 9.17) is 4.74 Å². The molecule has 2 aliphatic rings. The molecule has 2 heterocycles. The molecule has 19 heavy (non-hydrogen) atoms. The standard InChI is InChI=1S/C15H21BrN2O/c16-5-6-17-7-9-18(10-8-17)11-13-12-19-15-4-2-1-3-14(13)15/h1-4,13H,5-12H2. The lowest BCUT2D eigenvalue weighted by atomic mass is 10.0. The molecule has 2 aliphatic heterocycles. The predicted octanol–water partition coefficient (Wildman–Crippen LogP) is 2.18. The second-order valence-corrected chi connectivity index (χ2v) is 6.17. The van der Waals surface area contributed by atoms with Crippen LogP contribution in [0.3, 0.4) is 0 Å². The van der Waals surface area contributed by atoms with Gasteiger partial charge in [0.1, 0.15) is 5.75 Å². The number of hydrogen-bond donors (Lipinski definition) is 0. The van der Waals surface area contributed by atoms with Gasteiger partial charge in [0, 0.05) is 56.1 Å². The van der Waals surface area contributed by atoms with E-state index >= 15 is 0 Å². The van der Waals surface area contributed by atoms with Crippen LogP contribution in [0.1, 0.15) is 11.5 Å². The number of piperazine rings is 1. The van der Waals surface area contributed by atoms with Gasteiger partial charge in [-0.1, -0.05) is 34.1 Å². The van der Waals surface area contributed by atoms with Crippen LogP contribution in [-0.4, -0.2) is 61.0 Å². The molecule has 1 atom stereocenters. The summed E-state index contributed by atoms with van der Waals surface area (Å²) in [7, 11) is 0. The molecule has 0 saturated carbocycles. The fourth-order valence-corrected chi connectivity index (χ4v) is 3.51. The van der Waals surface area contributed by atoms with Gasteiger partial charge < -0.3 is 9.64 Å². The fraction of sp³-hybridized carbons (Fsp3) is 0.600. The van der Waals surface area contributed by atoms with E-state index in [1.807, 2.05) is 0 Å². The molecule has 104 valence electrons. The van der Waals surface area contributed by atoms with Crippen molar-refractivity contribution in [3.05, 3.63) is 29.8 Å². The van der Waals surface area contributed by atoms with E-state index in [0.29, 0.717) is 5.92 Å². The Hall–Kier alpha value is -0.580. The maximum Gasteiger partial charge on any atom is 0.122 e. The highest BCUT2D eigenvalue weighted by molar-refractivity contribution is 9.09. The maximum atomic E-state index is 5.77. The zero-order chi connectivity index (χ0) is 13.1. The highest BCUT2D eigenvalue weighted by atomic mass is 79.9. The number of para-hydroxylation sites is 1. The summed E-state index contributed by atoms with van der Waals surface area (Å²) < 4.78 is 5.77. The summed E-state index contributed by atoms with van der Waals surface area (Å²) in [6, 6.07) is 8.48. The molecule has 1 saturated heterocycles. The molecule has 1 fully saturated rings. The van der Waals surface area contributed by atoms with Crippen molar-refractivity contribution in [2.75, 3.05) is 51.2 Å². The van der Waals surface area contributed by atoms with Crippen molar-refractivity contribution >= 4 is 15.9 Å². The fourth-order valence-electron chi connectivity index (χ4n) is 3.01. The van der Waals surface area contributed by atoms with Crippen molar-refractivity contribution in [3.63, 3.8) is 0 Å². The van der Waals surface area contributed by atoms with Gasteiger partial charge >= 0.3 is 0 Å². The van der Waals surface area contributed by atoms with Crippen molar-refractivity contribution in [3.8, 4) is 5.75 Å². The Bertz CT molecular complexity index is 418. The Morgan fingerprint density at radius 1 is 1.11 bits per heavy atom. The topological polar surface area (TPSA) is 15.7 Å². The molecular formula is C15H21BrN2O. The van der Waals surface area contributed by atoms with E-state index in [1.165, 1.54) is 38.3 Å². The van der Waals surface area contributed by atoms with Gasteiger partial charge in [-0.05, 0) is 6.07 Å². The molecule has 4 heteroatoms. The first-order valence-corrected chi connectivity index (χ1v) is 8.21. The van der Waals surface area contributed by atoms with E-state index in [9.17, 15) is 0 Å². The van der Waals surface area contributed by atoms with Crippen LogP contribution < -0.4 is 4.74 Å². The molecule has 0 aromatic heterocycles. The molecule has 1 unspecified atom stereocenters. The minimum atomic E-state index is 0.555. The first-order chi connectivity index (χ1) is 9.36. The molecule has 3 rings (SSSR count). The van der Waals surface area contributed by atoms with Crippen LogP contribution in [0.15, 0.2) is 24.3 Å². The van der Waals surface area contributed by atoms with Crippen molar-refractivity contribution in [1.82, 2.24) is 9.80 Å². The minimum Gasteiger partial charge on any atom is -0.493 e. The molecule has 3 nitrogen and oxygen atoms in total. The number of alkyl halides is 1. The van der Waals surface area contributed by atoms with E-state index in [1.54, 1.807) is 0 Å². The van der Waals surface area contributed by atoms with Gasteiger partial charge in [-0.3, -0.25) is 4.90 Å². The van der Waals surface area contributed by atoms with Gasteiger partial charge in [0.15, 0.2) is 0 Å². The smallest absolute Gasteiger partial charge is 0.122 e. The summed E-state index contributed by atoms with van der Waals surface area (Å²) in [6.45, 7) is 7.92. The van der Waals surface area contributed by atoms with E-state index in [-0.39, 0.29) is 0 Å². The van der Waals surface area contributed by atoms with Gasteiger partial charge in [0.25, 0.3) is 0 Å². The molecule has 0 bridgehead atoms. The Kier molecular flexibility index (Phi) is 4.41. The SMILES string of the molecule is BrCCN1CCN(CC2COc3ccccc32)CC1. The van der Waals surface area contributed by atoms with Gasteiger partial charge in [0.05, 0.1) is 6.61 Å². The van der Waals surface area contributed by atoms with Crippen molar-refractivity contribution in [2.24, 2.45) is 0 Å². The molecular weight excluding hydrogens is 304 g/mol. The lowest BCUT2D eigenvalue weighted by molar-refractivity contribution is 0.128. The van der Waals surface area contributed by atoms with Gasteiger partial charge in [-0.2, -0.15) is 0 Å². The summed E-state index contributed by atoms with van der Waals surface area (Å²) in [5.41, 5.74) is 1.39. The van der Waals surface area contributed by atoms with Crippen LogP contribution in [0, 0.1) is 0 Å². The third-order valence-corrected chi connectivity index (χ3v) is 4.50. The van der Waals surface area contributed by atoms with Crippen LogP contribution in [0.2, 0.25) is 0 Å². The minimum absolute atomic E-state index is 0.555. The molecule has 1 aromatic rings. The first kappa shape index (κ1) is 13.4. The van der Waals surface area contributed by atoms with Crippen molar-refractivity contribution < 1.29 is 4.74 Å². The number of hydrogen-bond acceptors (Lipinski definition) is 3. The second kappa shape index (κ2) is 6.25. The number of nitrogens with zero attached hydrogens (tertiary/aromatic N) is 2. The largest absolute Gasteiger partial charge is 0.493 e. The zero-order valence-corrected chi connectivity index (χ0v) is 12.8. The normalized spacial score (nSPS) is 24.2. The maximum absolute atomic E-state index is 5.77. The molecule has 0 radical (unpaired) electrons. The number of halogens is 1. The van der Waals surface area contributed by atoms with Crippen LogP contribution in [-0.2, 0) is 0 Å². The number of rotatable bonds is 4. The van der Waals surface area contributed by atoms with Gasteiger partial charge in [-0.25, -0.2) is 0 Å². The molecule has 0 aliphatic carbocycles. The Balaban J connectivity index is 1.54. The van der Waals surface area contributed by atoms with Crippen LogP contribution >= 0.6 is 15.9 Å². The van der Waals surface area contributed by atoms with E-state index in [2.05, 4.69) is 50.0 Å². The number of fused-ring (bicyclic) bond motifs is 1. The summed E-state index contributed by atoms with van der Waals surface area (Å²) in [5.74, 6) is 1.64. The van der Waals surface area contributed by atoms with Crippen LogP contribution in [0.4, 0.5) is 0 Å². The third-order valence-electron chi connectivity index (χ3n) is 4.14. The highest BCUT2D eigenvalue weighted by Crippen LogP contribution is 2.33. The van der Waals surface area contributed by atoms with Crippen LogP contribution in [0.25, 0.3) is 0 Å². The highest BCUT2D eigenvalue weighted by Gasteiger charge is 2.27. The lowest BCUT2D eigenvalue weighted by Crippen LogP contribution is -2.48. The summed E-state index contributed by atoms with van der Waals surface area (Å²) in [5, 5.41) is 1.08. The predicted molar refractivity (Wildman–Crippen MR) is 81.4 cm³/mol. The monoisotopic (exact) mass is 324 g/mol. The second-order valence-electron chi connectivity index (χ2n) is 5.38. The first-order valence-electron chi connectivity index (χ1n) is 7.09. The summed E-state index contributed by atoms with van der Waals surface area (Å²) in [4.78, 5) is 5.12. The molecule has 0 N–H and O–H groups in total.